The van der Waals surface area contributed by atoms with Crippen molar-refractivity contribution in [1.82, 2.24) is 5.32 Å². The van der Waals surface area contributed by atoms with E-state index in [0.717, 1.165) is 13.2 Å². The van der Waals surface area contributed by atoms with Crippen molar-refractivity contribution in [2.24, 2.45) is 11.3 Å². The molecule has 0 bridgehead atoms. The molecule has 2 atom stereocenters. The van der Waals surface area contributed by atoms with Crippen molar-refractivity contribution in [2.45, 2.75) is 33.3 Å². The Morgan fingerprint density at radius 2 is 2.25 bits per heavy atom. The van der Waals surface area contributed by atoms with E-state index in [1.165, 1.54) is 6.42 Å². The summed E-state index contributed by atoms with van der Waals surface area (Å²) in [7, 11) is 2.02. The summed E-state index contributed by atoms with van der Waals surface area (Å²) in [6.07, 6.45) is 1.61. The van der Waals surface area contributed by atoms with E-state index in [9.17, 15) is 0 Å². The molecule has 1 N–H and O–H groups in total. The molecule has 0 aromatic heterocycles. The summed E-state index contributed by atoms with van der Waals surface area (Å²) in [6.45, 7) is 8.79. The van der Waals surface area contributed by atoms with Crippen molar-refractivity contribution in [3.05, 3.63) is 0 Å². The second-order valence-electron chi connectivity index (χ2n) is 4.18. The fourth-order valence-electron chi connectivity index (χ4n) is 2.32. The minimum absolute atomic E-state index is 0.370. The van der Waals surface area contributed by atoms with Crippen LogP contribution in [0.25, 0.3) is 0 Å². The number of ether oxygens (including phenoxy) is 1. The van der Waals surface area contributed by atoms with Gasteiger partial charge in [0.15, 0.2) is 0 Å². The predicted octanol–water partition coefficient (Wildman–Crippen LogP) is 1.66. The lowest BCUT2D eigenvalue weighted by Crippen LogP contribution is -2.42. The Labute approximate surface area is 75.7 Å². The Bertz CT molecular complexity index is 147. The molecule has 1 aliphatic rings. The molecular formula is C10H21NO. The third-order valence-corrected chi connectivity index (χ3v) is 3.40. The van der Waals surface area contributed by atoms with Crippen molar-refractivity contribution in [3.8, 4) is 0 Å². The lowest BCUT2D eigenvalue weighted by Gasteiger charge is -2.36. The third kappa shape index (κ3) is 1.50. The zero-order valence-electron chi connectivity index (χ0n) is 8.68. The van der Waals surface area contributed by atoms with Gasteiger partial charge in [-0.05, 0) is 26.3 Å². The zero-order valence-corrected chi connectivity index (χ0v) is 8.68. The van der Waals surface area contributed by atoms with Crippen LogP contribution in [0.2, 0.25) is 0 Å². The van der Waals surface area contributed by atoms with Crippen LogP contribution in [0.3, 0.4) is 0 Å². The molecule has 1 heterocycles. The van der Waals surface area contributed by atoms with E-state index in [0.29, 0.717) is 17.4 Å². The van der Waals surface area contributed by atoms with Crippen LogP contribution in [-0.4, -0.2) is 26.3 Å². The van der Waals surface area contributed by atoms with Gasteiger partial charge in [0.05, 0.1) is 6.10 Å². The Balaban J connectivity index is 2.70. The Kier molecular flexibility index (Phi) is 3.13. The van der Waals surface area contributed by atoms with Crippen LogP contribution in [-0.2, 0) is 4.74 Å². The van der Waals surface area contributed by atoms with Crippen LogP contribution in [0.1, 0.15) is 27.2 Å². The molecule has 0 aromatic carbocycles. The number of hydrogen-bond acceptors (Lipinski definition) is 2. The summed E-state index contributed by atoms with van der Waals surface area (Å²) >= 11 is 0. The molecule has 1 rings (SSSR count). The second kappa shape index (κ2) is 3.75. The first-order valence-corrected chi connectivity index (χ1v) is 4.89. The second-order valence-corrected chi connectivity index (χ2v) is 4.18. The maximum Gasteiger partial charge on any atom is 0.0618 e. The lowest BCUT2D eigenvalue weighted by molar-refractivity contribution is 0.0386. The van der Waals surface area contributed by atoms with Crippen LogP contribution in [0.15, 0.2) is 0 Å². The van der Waals surface area contributed by atoms with Gasteiger partial charge in [-0.1, -0.05) is 13.8 Å². The molecule has 72 valence electrons. The number of nitrogens with one attached hydrogen (secondary N) is 1. The van der Waals surface area contributed by atoms with Gasteiger partial charge in [0, 0.05) is 18.6 Å². The van der Waals surface area contributed by atoms with Gasteiger partial charge in [0.2, 0.25) is 0 Å². The topological polar surface area (TPSA) is 21.3 Å². The molecule has 12 heavy (non-hydrogen) atoms. The first-order valence-electron chi connectivity index (χ1n) is 4.89. The van der Waals surface area contributed by atoms with Crippen LogP contribution >= 0.6 is 0 Å². The van der Waals surface area contributed by atoms with Crippen LogP contribution in [0.4, 0.5) is 0 Å². The SMILES string of the molecule is CNCC1(C(C)C)CCOC1C. The number of hydrogen-bond donors (Lipinski definition) is 1. The average molecular weight is 171 g/mol. The van der Waals surface area contributed by atoms with E-state index in [4.69, 9.17) is 4.74 Å². The molecule has 0 amide bonds. The fraction of sp³-hybridized carbons (Fsp3) is 1.00. The quantitative estimate of drug-likeness (QED) is 0.697. The third-order valence-electron chi connectivity index (χ3n) is 3.40. The monoisotopic (exact) mass is 171 g/mol. The van der Waals surface area contributed by atoms with Gasteiger partial charge >= 0.3 is 0 Å². The number of rotatable bonds is 3. The molecule has 2 nitrogen and oxygen atoms in total. The van der Waals surface area contributed by atoms with Gasteiger partial charge in [0.25, 0.3) is 0 Å². The highest BCUT2D eigenvalue weighted by molar-refractivity contribution is 4.93. The minimum Gasteiger partial charge on any atom is -0.378 e. The predicted molar refractivity (Wildman–Crippen MR) is 51.2 cm³/mol. The Morgan fingerprint density at radius 1 is 1.58 bits per heavy atom. The van der Waals surface area contributed by atoms with E-state index in [1.807, 2.05) is 7.05 Å². The summed E-state index contributed by atoms with van der Waals surface area (Å²) in [4.78, 5) is 0. The molecule has 0 saturated carbocycles. The normalized spacial score (nSPS) is 36.2. The molecule has 2 heteroatoms. The van der Waals surface area contributed by atoms with Crippen molar-refractivity contribution < 1.29 is 4.74 Å². The van der Waals surface area contributed by atoms with Crippen molar-refractivity contribution >= 4 is 0 Å². The first kappa shape index (κ1) is 10.0. The minimum atomic E-state index is 0.370. The summed E-state index contributed by atoms with van der Waals surface area (Å²) in [6, 6.07) is 0. The van der Waals surface area contributed by atoms with E-state index < -0.39 is 0 Å². The molecule has 1 aliphatic heterocycles. The van der Waals surface area contributed by atoms with Crippen LogP contribution in [0, 0.1) is 11.3 Å². The van der Waals surface area contributed by atoms with Crippen molar-refractivity contribution in [1.29, 1.82) is 0 Å². The van der Waals surface area contributed by atoms with Gasteiger partial charge in [-0.2, -0.15) is 0 Å². The Morgan fingerprint density at radius 3 is 2.58 bits per heavy atom. The van der Waals surface area contributed by atoms with Crippen molar-refractivity contribution in [3.63, 3.8) is 0 Å². The first-order chi connectivity index (χ1) is 5.63. The molecule has 2 unspecified atom stereocenters. The van der Waals surface area contributed by atoms with Crippen molar-refractivity contribution in [2.75, 3.05) is 20.2 Å². The molecule has 0 radical (unpaired) electrons. The van der Waals surface area contributed by atoms with Gasteiger partial charge in [-0.25, -0.2) is 0 Å². The molecule has 1 fully saturated rings. The van der Waals surface area contributed by atoms with Gasteiger partial charge in [-0.3, -0.25) is 0 Å². The standard InChI is InChI=1S/C10H21NO/c1-8(2)10(7-11-4)5-6-12-9(10)3/h8-9,11H,5-7H2,1-4H3. The smallest absolute Gasteiger partial charge is 0.0618 e. The summed E-state index contributed by atoms with van der Waals surface area (Å²) in [5.41, 5.74) is 0.370. The highest BCUT2D eigenvalue weighted by Crippen LogP contribution is 2.40. The molecule has 1 saturated heterocycles. The largest absolute Gasteiger partial charge is 0.378 e. The highest BCUT2D eigenvalue weighted by atomic mass is 16.5. The van der Waals surface area contributed by atoms with Gasteiger partial charge < -0.3 is 10.1 Å². The lowest BCUT2D eigenvalue weighted by atomic mass is 9.72. The average Bonchev–Trinajstić information content (AvgIpc) is 2.34. The van der Waals surface area contributed by atoms with E-state index in [2.05, 4.69) is 26.1 Å². The van der Waals surface area contributed by atoms with Gasteiger partial charge in [0.1, 0.15) is 0 Å². The maximum absolute atomic E-state index is 5.64. The maximum atomic E-state index is 5.64. The zero-order chi connectivity index (χ0) is 9.19. The van der Waals surface area contributed by atoms with Crippen LogP contribution in [0.5, 0.6) is 0 Å². The van der Waals surface area contributed by atoms with E-state index in [1.54, 1.807) is 0 Å². The van der Waals surface area contributed by atoms with E-state index in [-0.39, 0.29) is 0 Å². The molecular weight excluding hydrogens is 150 g/mol. The molecule has 0 spiro atoms. The summed E-state index contributed by atoms with van der Waals surface area (Å²) in [5, 5.41) is 3.28. The van der Waals surface area contributed by atoms with Gasteiger partial charge in [-0.15, -0.1) is 0 Å². The highest BCUT2D eigenvalue weighted by Gasteiger charge is 2.43. The van der Waals surface area contributed by atoms with Crippen LogP contribution < -0.4 is 5.32 Å². The van der Waals surface area contributed by atoms with E-state index >= 15 is 0 Å². The molecule has 0 aromatic rings. The Hall–Kier alpha value is -0.0800. The summed E-state index contributed by atoms with van der Waals surface area (Å²) in [5.74, 6) is 0.697. The summed E-state index contributed by atoms with van der Waals surface area (Å²) < 4.78 is 5.64. The molecule has 0 aliphatic carbocycles. The fourth-order valence-corrected chi connectivity index (χ4v) is 2.32.